The minimum Gasteiger partial charge on any atom is -0.347 e. The van der Waals surface area contributed by atoms with Crippen molar-refractivity contribution in [2.75, 3.05) is 19.6 Å². The third-order valence-corrected chi connectivity index (χ3v) is 6.39. The zero-order valence-electron chi connectivity index (χ0n) is 18.2. The fourth-order valence-electron chi connectivity index (χ4n) is 4.36. The van der Waals surface area contributed by atoms with Crippen molar-refractivity contribution in [1.29, 1.82) is 0 Å². The molecule has 0 spiro atoms. The molecule has 30 heavy (non-hydrogen) atoms. The number of likely N-dealkylation sites (tertiary alicyclic amines) is 1. The summed E-state index contributed by atoms with van der Waals surface area (Å²) in [7, 11) is 0. The smallest absolute Gasteiger partial charge is 0.289 e. The van der Waals surface area contributed by atoms with E-state index in [1.807, 2.05) is 0 Å². The first-order chi connectivity index (χ1) is 14.3. The molecule has 2 rings (SSSR count). The number of nitrogens with zero attached hydrogens (tertiary/aromatic N) is 1. The summed E-state index contributed by atoms with van der Waals surface area (Å²) in [5.41, 5.74) is 6.33. The van der Waals surface area contributed by atoms with Gasteiger partial charge in [0.15, 0.2) is 0 Å². The minimum atomic E-state index is -0.770. The van der Waals surface area contributed by atoms with Crippen molar-refractivity contribution < 1.29 is 19.2 Å². The Kier molecular flexibility index (Phi) is 9.02. The van der Waals surface area contributed by atoms with E-state index in [9.17, 15) is 19.2 Å². The molecule has 0 aromatic carbocycles. The number of carbonyl (C=O) groups is 4. The van der Waals surface area contributed by atoms with Crippen LogP contribution in [0.2, 0.25) is 0 Å². The van der Waals surface area contributed by atoms with Crippen LogP contribution in [0, 0.1) is 17.8 Å². The van der Waals surface area contributed by atoms with Gasteiger partial charge in [0.1, 0.15) is 6.04 Å². The van der Waals surface area contributed by atoms with Crippen LogP contribution >= 0.6 is 0 Å². The largest absolute Gasteiger partial charge is 0.347 e. The fraction of sp³-hybridized carbons (Fsp3) is 0.727. The first-order valence-corrected chi connectivity index (χ1v) is 11.0. The zero-order chi connectivity index (χ0) is 22.3. The maximum absolute atomic E-state index is 13.2. The van der Waals surface area contributed by atoms with Crippen LogP contribution in [0.1, 0.15) is 52.4 Å². The van der Waals surface area contributed by atoms with Crippen LogP contribution in [0.4, 0.5) is 0 Å². The van der Waals surface area contributed by atoms with Crippen molar-refractivity contribution in [1.82, 2.24) is 15.5 Å². The number of ketones is 1. The number of nitrogens with two attached hydrogens (primary N) is 1. The molecule has 8 nitrogen and oxygen atoms in total. The van der Waals surface area contributed by atoms with Gasteiger partial charge in [-0.2, -0.15) is 0 Å². The molecule has 1 aliphatic carbocycles. The van der Waals surface area contributed by atoms with E-state index in [4.69, 9.17) is 5.73 Å². The second kappa shape index (κ2) is 11.2. The Morgan fingerprint density at radius 3 is 2.37 bits per heavy atom. The van der Waals surface area contributed by atoms with Gasteiger partial charge in [-0.1, -0.05) is 39.2 Å². The summed E-state index contributed by atoms with van der Waals surface area (Å²) in [6.07, 6.45) is 7.23. The third kappa shape index (κ3) is 6.14. The Balaban J connectivity index is 2.02. The summed E-state index contributed by atoms with van der Waals surface area (Å²) in [5.74, 6) is -1.44. The molecule has 3 amide bonds. The first kappa shape index (κ1) is 24.1. The summed E-state index contributed by atoms with van der Waals surface area (Å²) >= 11 is 0. The highest BCUT2D eigenvalue weighted by Gasteiger charge is 2.43. The van der Waals surface area contributed by atoms with Crippen molar-refractivity contribution in [3.05, 3.63) is 12.7 Å². The van der Waals surface area contributed by atoms with Gasteiger partial charge in [-0.25, -0.2) is 0 Å². The molecular formula is C22H36N4O4. The van der Waals surface area contributed by atoms with Crippen LogP contribution in [-0.2, 0) is 19.2 Å². The molecule has 1 saturated heterocycles. The van der Waals surface area contributed by atoms with Gasteiger partial charge in [0, 0.05) is 13.1 Å². The molecule has 0 bridgehead atoms. The van der Waals surface area contributed by atoms with Gasteiger partial charge in [-0.3, -0.25) is 19.2 Å². The van der Waals surface area contributed by atoms with Gasteiger partial charge in [-0.05, 0) is 37.0 Å². The predicted molar refractivity (Wildman–Crippen MR) is 114 cm³/mol. The Hall–Kier alpha value is -2.22. The maximum Gasteiger partial charge on any atom is 0.289 e. The number of hydrogen-bond acceptors (Lipinski definition) is 5. The van der Waals surface area contributed by atoms with Crippen molar-refractivity contribution in [3.63, 3.8) is 0 Å². The summed E-state index contributed by atoms with van der Waals surface area (Å²) in [6.45, 7) is 7.88. The summed E-state index contributed by atoms with van der Waals surface area (Å²) in [5, 5.41) is 4.92. The van der Waals surface area contributed by atoms with Crippen molar-refractivity contribution in [3.8, 4) is 0 Å². The van der Waals surface area contributed by atoms with Gasteiger partial charge >= 0.3 is 0 Å². The SMILES string of the molecule is C=CCNC(=O)C(=O)CNC(=O)[C@@H]1C[C@@H](C(C)C)CN1C(=O)[C@@H](N)C1CCCCC1. The van der Waals surface area contributed by atoms with Crippen LogP contribution < -0.4 is 16.4 Å². The molecular weight excluding hydrogens is 384 g/mol. The molecule has 1 aliphatic heterocycles. The monoisotopic (exact) mass is 420 g/mol. The predicted octanol–water partition coefficient (Wildman–Crippen LogP) is 0.755. The lowest BCUT2D eigenvalue weighted by Crippen LogP contribution is -2.54. The van der Waals surface area contributed by atoms with Crippen LogP contribution in [-0.4, -0.2) is 60.1 Å². The molecule has 4 N–H and O–H groups in total. The lowest BCUT2D eigenvalue weighted by molar-refractivity contribution is -0.141. The number of hydrogen-bond donors (Lipinski definition) is 3. The van der Waals surface area contributed by atoms with Crippen LogP contribution in [0.25, 0.3) is 0 Å². The molecule has 2 fully saturated rings. The van der Waals surface area contributed by atoms with Gasteiger partial charge in [0.25, 0.3) is 5.91 Å². The number of carbonyl (C=O) groups excluding carboxylic acids is 4. The standard InChI is InChI=1S/C22H36N4O4/c1-4-10-24-21(29)18(27)12-25-20(28)17-11-16(14(2)3)13-26(17)22(30)19(23)15-8-6-5-7-9-15/h4,14-17,19H,1,5-13,23H2,2-3H3,(H,24,29)(H,25,28)/t16-,17+,19+/m1/s1. The molecule has 1 heterocycles. The van der Waals surface area contributed by atoms with Crippen molar-refractivity contribution >= 4 is 23.5 Å². The summed E-state index contributed by atoms with van der Waals surface area (Å²) < 4.78 is 0. The average Bonchev–Trinajstić information content (AvgIpc) is 3.21. The van der Waals surface area contributed by atoms with E-state index < -0.39 is 36.2 Å². The molecule has 1 saturated carbocycles. The quantitative estimate of drug-likeness (QED) is 0.375. The number of rotatable bonds is 9. The van der Waals surface area contributed by atoms with Gasteiger partial charge in [-0.15, -0.1) is 6.58 Å². The maximum atomic E-state index is 13.2. The second-order valence-electron chi connectivity index (χ2n) is 8.81. The van der Waals surface area contributed by atoms with E-state index in [0.717, 1.165) is 25.7 Å². The van der Waals surface area contributed by atoms with Gasteiger partial charge < -0.3 is 21.3 Å². The van der Waals surface area contributed by atoms with Crippen LogP contribution in [0.15, 0.2) is 12.7 Å². The molecule has 8 heteroatoms. The zero-order valence-corrected chi connectivity index (χ0v) is 18.2. The molecule has 3 atom stereocenters. The molecule has 0 unspecified atom stereocenters. The molecule has 0 aromatic rings. The summed E-state index contributed by atoms with van der Waals surface area (Å²) in [4.78, 5) is 51.2. The topological polar surface area (TPSA) is 122 Å². The Morgan fingerprint density at radius 2 is 1.77 bits per heavy atom. The van der Waals surface area contributed by atoms with E-state index >= 15 is 0 Å². The Morgan fingerprint density at radius 1 is 1.10 bits per heavy atom. The highest BCUT2D eigenvalue weighted by molar-refractivity contribution is 6.37. The second-order valence-corrected chi connectivity index (χ2v) is 8.81. The van der Waals surface area contributed by atoms with E-state index in [2.05, 4.69) is 31.1 Å². The first-order valence-electron chi connectivity index (χ1n) is 11.0. The van der Waals surface area contributed by atoms with Crippen LogP contribution in [0.5, 0.6) is 0 Å². The molecule has 0 radical (unpaired) electrons. The highest BCUT2D eigenvalue weighted by atomic mass is 16.2. The molecule has 168 valence electrons. The lowest BCUT2D eigenvalue weighted by atomic mass is 9.83. The lowest BCUT2D eigenvalue weighted by Gasteiger charge is -2.32. The van der Waals surface area contributed by atoms with E-state index in [0.29, 0.717) is 18.9 Å². The van der Waals surface area contributed by atoms with Gasteiger partial charge in [0.2, 0.25) is 17.6 Å². The molecule has 0 aromatic heterocycles. The minimum absolute atomic E-state index is 0.156. The third-order valence-electron chi connectivity index (χ3n) is 6.39. The van der Waals surface area contributed by atoms with Gasteiger partial charge in [0.05, 0.1) is 12.6 Å². The number of nitrogens with one attached hydrogen (secondary N) is 2. The van der Waals surface area contributed by atoms with Crippen LogP contribution in [0.3, 0.4) is 0 Å². The highest BCUT2D eigenvalue weighted by Crippen LogP contribution is 2.32. The number of amides is 3. The molecule has 2 aliphatic rings. The Bertz CT molecular complexity index is 658. The van der Waals surface area contributed by atoms with Crippen molar-refractivity contribution in [2.24, 2.45) is 23.5 Å². The van der Waals surface area contributed by atoms with E-state index in [-0.39, 0.29) is 24.3 Å². The van der Waals surface area contributed by atoms with E-state index in [1.165, 1.54) is 12.5 Å². The summed E-state index contributed by atoms with van der Waals surface area (Å²) in [6, 6.07) is -1.26. The Labute approximate surface area is 179 Å². The van der Waals surface area contributed by atoms with E-state index in [1.54, 1.807) is 4.90 Å². The average molecular weight is 421 g/mol. The fourth-order valence-corrected chi connectivity index (χ4v) is 4.36. The number of Topliss-reactive ketones (excluding diaryl/α,β-unsaturated/α-hetero) is 1. The normalized spacial score (nSPS) is 23.1. The van der Waals surface area contributed by atoms with Crippen molar-refractivity contribution in [2.45, 2.75) is 64.5 Å².